The first-order valence-corrected chi connectivity index (χ1v) is 11.0. The van der Waals surface area contributed by atoms with Gasteiger partial charge in [0.25, 0.3) is 5.91 Å². The largest absolute Gasteiger partial charge is 0.444 e. The molecule has 3 rings (SSSR count). The van der Waals surface area contributed by atoms with Crippen molar-refractivity contribution in [3.8, 4) is 0 Å². The second-order valence-electron chi connectivity index (χ2n) is 8.11. The normalized spacial score (nSPS) is 15.1. The lowest BCUT2D eigenvalue weighted by molar-refractivity contribution is -0.111. The Balaban J connectivity index is 1.77. The molecule has 2 aromatic rings. The van der Waals surface area contributed by atoms with Gasteiger partial charge in [-0.25, -0.2) is 14.8 Å². The molecule has 2 heterocycles. The van der Waals surface area contributed by atoms with Gasteiger partial charge in [-0.15, -0.1) is 0 Å². The maximum atomic E-state index is 13.0. The van der Waals surface area contributed by atoms with E-state index in [4.69, 9.17) is 16.3 Å². The third kappa shape index (κ3) is 6.53. The minimum absolute atomic E-state index is 0.262. The van der Waals surface area contributed by atoms with Gasteiger partial charge >= 0.3 is 6.09 Å². The number of aromatic nitrogens is 2. The molecule has 9 heteroatoms. The molecule has 0 unspecified atom stereocenters. The summed E-state index contributed by atoms with van der Waals surface area (Å²) in [6.45, 7) is 5.37. The number of rotatable bonds is 5. The maximum Gasteiger partial charge on any atom is 0.413 e. The fraction of sp³-hybridized carbons (Fsp3) is 0.429. The van der Waals surface area contributed by atoms with Gasteiger partial charge < -0.3 is 4.74 Å². The van der Waals surface area contributed by atoms with Gasteiger partial charge in [-0.2, -0.15) is 0 Å². The van der Waals surface area contributed by atoms with Crippen molar-refractivity contribution in [2.45, 2.75) is 52.1 Å². The lowest BCUT2D eigenvalue weighted by Crippen LogP contribution is -2.27. The molecule has 0 radical (unpaired) electrons. The number of nitrogens with one attached hydrogen (secondary N) is 2. The van der Waals surface area contributed by atoms with Crippen LogP contribution in [0.15, 0.2) is 30.6 Å². The van der Waals surface area contributed by atoms with E-state index in [0.29, 0.717) is 32.3 Å². The Hall–Kier alpha value is -2.45. The van der Waals surface area contributed by atoms with Gasteiger partial charge in [0.1, 0.15) is 15.8 Å². The van der Waals surface area contributed by atoms with Gasteiger partial charge in [-0.1, -0.05) is 41.9 Å². The zero-order valence-corrected chi connectivity index (χ0v) is 18.8. The van der Waals surface area contributed by atoms with Crippen molar-refractivity contribution in [2.75, 3.05) is 10.6 Å². The number of hydrogen-bond donors (Lipinski definition) is 2. The third-order valence-electron chi connectivity index (χ3n) is 4.45. The minimum atomic E-state index is -0.599. The number of hydrogen-bond acceptors (Lipinski definition) is 6. The van der Waals surface area contributed by atoms with Crippen molar-refractivity contribution in [2.24, 2.45) is 5.92 Å². The predicted octanol–water partition coefficient (Wildman–Crippen LogP) is 5.75. The Kier molecular flexibility index (Phi) is 7.10. The fourth-order valence-electron chi connectivity index (χ4n) is 3.17. The summed E-state index contributed by atoms with van der Waals surface area (Å²) in [6, 6.07) is 3.41. The number of allylic oxidation sites excluding steroid dienone is 1. The summed E-state index contributed by atoms with van der Waals surface area (Å²) >= 11 is 7.12. The van der Waals surface area contributed by atoms with Gasteiger partial charge in [0.05, 0.1) is 6.20 Å². The average molecular weight is 449 g/mol. The standard InChI is InChI=1S/C21H25ClN4O3S/c1-21(2,3)29-20(28)25-17-9-8-14(11-23-17)15(10-13-6-4-5-7-13)18(27)26-19-24-12-16(22)30-19/h8-13H,4-7H2,1-3H3,(H,23,25,28)(H,24,26,27)/b15-10+. The number of pyridine rings is 1. The molecule has 1 saturated carbocycles. The van der Waals surface area contributed by atoms with Crippen molar-refractivity contribution >= 4 is 51.5 Å². The van der Waals surface area contributed by atoms with Crippen LogP contribution in [0.5, 0.6) is 0 Å². The highest BCUT2D eigenvalue weighted by molar-refractivity contribution is 7.19. The average Bonchev–Trinajstić information content (AvgIpc) is 3.30. The van der Waals surface area contributed by atoms with E-state index in [9.17, 15) is 9.59 Å². The highest BCUT2D eigenvalue weighted by atomic mass is 35.5. The molecule has 0 saturated heterocycles. The van der Waals surface area contributed by atoms with Gasteiger partial charge in [0.15, 0.2) is 5.13 Å². The van der Waals surface area contributed by atoms with Gasteiger partial charge in [-0.3, -0.25) is 15.4 Å². The van der Waals surface area contributed by atoms with E-state index >= 15 is 0 Å². The topological polar surface area (TPSA) is 93.2 Å². The summed E-state index contributed by atoms with van der Waals surface area (Å²) in [7, 11) is 0. The number of anilines is 2. The summed E-state index contributed by atoms with van der Waals surface area (Å²) in [5.41, 5.74) is 0.596. The van der Waals surface area contributed by atoms with E-state index in [2.05, 4.69) is 20.6 Å². The smallest absolute Gasteiger partial charge is 0.413 e. The number of ether oxygens (including phenoxy) is 1. The molecule has 160 valence electrons. The van der Waals surface area contributed by atoms with Crippen LogP contribution < -0.4 is 10.6 Å². The summed E-state index contributed by atoms with van der Waals surface area (Å²) < 4.78 is 5.74. The van der Waals surface area contributed by atoms with E-state index in [0.717, 1.165) is 25.7 Å². The quantitative estimate of drug-likeness (QED) is 0.568. The Labute approximate surface area is 184 Å². The van der Waals surface area contributed by atoms with Crippen LogP contribution in [-0.4, -0.2) is 27.6 Å². The van der Waals surface area contributed by atoms with Crippen molar-refractivity contribution in [1.29, 1.82) is 0 Å². The van der Waals surface area contributed by atoms with E-state index in [1.165, 1.54) is 17.5 Å². The number of nitrogens with zero attached hydrogens (tertiary/aromatic N) is 2. The summed E-state index contributed by atoms with van der Waals surface area (Å²) in [4.78, 5) is 33.2. The molecule has 0 atom stereocenters. The van der Waals surface area contributed by atoms with Crippen LogP contribution in [0.3, 0.4) is 0 Å². The second-order valence-corrected chi connectivity index (χ2v) is 9.77. The fourth-order valence-corrected chi connectivity index (χ4v) is 3.98. The number of carbonyl (C=O) groups excluding carboxylic acids is 2. The lowest BCUT2D eigenvalue weighted by atomic mass is 9.99. The van der Waals surface area contributed by atoms with Crippen molar-refractivity contribution in [1.82, 2.24) is 9.97 Å². The van der Waals surface area contributed by atoms with Gasteiger partial charge in [0.2, 0.25) is 0 Å². The second kappa shape index (κ2) is 9.57. The molecule has 1 fully saturated rings. The Morgan fingerprint density at radius 2 is 1.90 bits per heavy atom. The molecule has 7 nitrogen and oxygen atoms in total. The van der Waals surface area contributed by atoms with Crippen LogP contribution >= 0.6 is 22.9 Å². The first-order chi connectivity index (χ1) is 14.2. The lowest BCUT2D eigenvalue weighted by Gasteiger charge is -2.19. The Bertz CT molecular complexity index is 928. The molecule has 0 bridgehead atoms. The Morgan fingerprint density at radius 1 is 1.17 bits per heavy atom. The van der Waals surface area contributed by atoms with E-state index in [-0.39, 0.29) is 5.91 Å². The van der Waals surface area contributed by atoms with Crippen molar-refractivity contribution < 1.29 is 14.3 Å². The molecule has 2 N–H and O–H groups in total. The SMILES string of the molecule is CC(C)(C)OC(=O)Nc1ccc(/C(=C\C2CCCC2)C(=O)Nc2ncc(Cl)s2)cn1. The third-order valence-corrected chi connectivity index (χ3v) is 5.48. The van der Waals surface area contributed by atoms with Crippen LogP contribution in [0.2, 0.25) is 4.34 Å². The predicted molar refractivity (Wildman–Crippen MR) is 120 cm³/mol. The molecule has 0 aromatic carbocycles. The highest BCUT2D eigenvalue weighted by Crippen LogP contribution is 2.30. The summed E-state index contributed by atoms with van der Waals surface area (Å²) in [5.74, 6) is 0.438. The molecule has 0 spiro atoms. The molecule has 2 amide bonds. The molecule has 2 aromatic heterocycles. The van der Waals surface area contributed by atoms with Crippen LogP contribution in [0, 0.1) is 5.92 Å². The van der Waals surface area contributed by atoms with E-state index in [1.54, 1.807) is 39.1 Å². The molecule has 0 aliphatic heterocycles. The number of thiazole rings is 1. The van der Waals surface area contributed by atoms with Crippen LogP contribution in [0.4, 0.5) is 15.7 Å². The van der Waals surface area contributed by atoms with Crippen molar-refractivity contribution in [3.05, 3.63) is 40.5 Å². The van der Waals surface area contributed by atoms with Crippen LogP contribution in [0.1, 0.15) is 52.0 Å². The van der Waals surface area contributed by atoms with Gasteiger partial charge in [0, 0.05) is 17.3 Å². The molecular formula is C21H25ClN4O3S. The van der Waals surface area contributed by atoms with Crippen LogP contribution in [-0.2, 0) is 9.53 Å². The van der Waals surface area contributed by atoms with E-state index in [1.807, 2.05) is 6.08 Å². The zero-order chi connectivity index (χ0) is 21.7. The molecule has 30 heavy (non-hydrogen) atoms. The number of carbonyl (C=O) groups is 2. The first kappa shape index (κ1) is 22.2. The summed E-state index contributed by atoms with van der Waals surface area (Å²) in [5, 5.41) is 5.84. The molecular weight excluding hydrogens is 424 g/mol. The van der Waals surface area contributed by atoms with Crippen LogP contribution in [0.25, 0.3) is 5.57 Å². The van der Waals surface area contributed by atoms with E-state index < -0.39 is 11.7 Å². The Morgan fingerprint density at radius 3 is 2.47 bits per heavy atom. The highest BCUT2D eigenvalue weighted by Gasteiger charge is 2.20. The maximum absolute atomic E-state index is 13.0. The summed E-state index contributed by atoms with van der Waals surface area (Å²) in [6.07, 6.45) is 8.95. The minimum Gasteiger partial charge on any atom is -0.444 e. The zero-order valence-electron chi connectivity index (χ0n) is 17.2. The monoisotopic (exact) mass is 448 g/mol. The number of halogens is 1. The number of amides is 2. The van der Waals surface area contributed by atoms with Gasteiger partial charge in [-0.05, 0) is 51.7 Å². The molecule has 1 aliphatic carbocycles. The van der Waals surface area contributed by atoms with Crippen molar-refractivity contribution in [3.63, 3.8) is 0 Å². The molecule has 1 aliphatic rings. The first-order valence-electron chi connectivity index (χ1n) is 9.80.